The zero-order valence-electron chi connectivity index (χ0n) is 9.44. The van der Waals surface area contributed by atoms with Crippen LogP contribution in [0.5, 0.6) is 0 Å². The molecule has 0 unspecified atom stereocenters. The minimum absolute atomic E-state index is 0.535. The average Bonchev–Trinajstić information content (AvgIpc) is 2.33. The smallest absolute Gasteiger partial charge is 0.131 e. The molecule has 16 heavy (non-hydrogen) atoms. The molecule has 0 aliphatic carbocycles. The molecule has 2 rings (SSSR count). The van der Waals surface area contributed by atoms with E-state index in [2.05, 4.69) is 15.0 Å². The molecule has 0 aliphatic rings. The van der Waals surface area contributed by atoms with Crippen LogP contribution in [0.15, 0.2) is 24.4 Å². The Kier molecular flexibility index (Phi) is 2.81. The highest BCUT2D eigenvalue weighted by atomic mass is 15.0. The van der Waals surface area contributed by atoms with E-state index in [1.54, 1.807) is 6.20 Å². The van der Waals surface area contributed by atoms with E-state index in [4.69, 9.17) is 5.73 Å². The Hall–Kier alpha value is -1.97. The van der Waals surface area contributed by atoms with Gasteiger partial charge in [0, 0.05) is 18.2 Å². The van der Waals surface area contributed by atoms with Crippen molar-refractivity contribution in [2.24, 2.45) is 0 Å². The topological polar surface area (TPSA) is 64.7 Å². The predicted octanol–water partition coefficient (Wildman–Crippen LogP) is 1.99. The average molecular weight is 214 g/mol. The van der Waals surface area contributed by atoms with Gasteiger partial charge in [0.15, 0.2) is 0 Å². The van der Waals surface area contributed by atoms with Crippen LogP contribution in [0.25, 0.3) is 11.4 Å². The molecule has 2 N–H and O–H groups in total. The van der Waals surface area contributed by atoms with Crippen LogP contribution in [-0.2, 0) is 6.42 Å². The van der Waals surface area contributed by atoms with Crippen LogP contribution in [0.3, 0.4) is 0 Å². The zero-order valence-corrected chi connectivity index (χ0v) is 9.44. The number of nitrogen functional groups attached to an aromatic ring is 1. The molecule has 2 aromatic rings. The number of pyridine rings is 1. The number of aryl methyl sites for hydroxylation is 1. The molecule has 82 valence electrons. The molecule has 4 nitrogen and oxygen atoms in total. The second-order valence-corrected chi connectivity index (χ2v) is 3.57. The van der Waals surface area contributed by atoms with E-state index >= 15 is 0 Å². The molecule has 0 amide bonds. The van der Waals surface area contributed by atoms with E-state index in [0.717, 1.165) is 29.2 Å². The Labute approximate surface area is 94.6 Å². The van der Waals surface area contributed by atoms with Crippen molar-refractivity contribution in [3.8, 4) is 11.4 Å². The van der Waals surface area contributed by atoms with Crippen molar-refractivity contribution in [3.05, 3.63) is 35.8 Å². The number of anilines is 1. The van der Waals surface area contributed by atoms with E-state index in [0.29, 0.717) is 5.82 Å². The fourth-order valence-corrected chi connectivity index (χ4v) is 1.49. The molecule has 0 bridgehead atoms. The van der Waals surface area contributed by atoms with Crippen LogP contribution in [0.1, 0.15) is 18.3 Å². The first kappa shape index (κ1) is 10.5. The van der Waals surface area contributed by atoms with Gasteiger partial charge < -0.3 is 5.73 Å². The van der Waals surface area contributed by atoms with Crippen molar-refractivity contribution >= 4 is 5.82 Å². The fraction of sp³-hybridized carbons (Fsp3) is 0.250. The summed E-state index contributed by atoms with van der Waals surface area (Å²) in [6, 6.07) is 5.74. The third-order valence-corrected chi connectivity index (χ3v) is 2.45. The summed E-state index contributed by atoms with van der Waals surface area (Å²) in [6.45, 7) is 3.92. The maximum atomic E-state index is 5.86. The first-order valence-corrected chi connectivity index (χ1v) is 5.26. The van der Waals surface area contributed by atoms with Gasteiger partial charge >= 0.3 is 0 Å². The normalized spacial score (nSPS) is 10.4. The Morgan fingerprint density at radius 1 is 1.25 bits per heavy atom. The third kappa shape index (κ3) is 1.86. The van der Waals surface area contributed by atoms with Crippen molar-refractivity contribution in [2.75, 3.05) is 5.73 Å². The standard InChI is InChI=1S/C12H14N4/c1-3-10-15-11(8(2)12(13)16-10)9-6-4-5-7-14-9/h4-7H,3H2,1-2H3,(H2,13,15,16). The molecule has 0 atom stereocenters. The van der Waals surface area contributed by atoms with Crippen molar-refractivity contribution < 1.29 is 0 Å². The Morgan fingerprint density at radius 2 is 2.06 bits per heavy atom. The van der Waals surface area contributed by atoms with Crippen molar-refractivity contribution in [2.45, 2.75) is 20.3 Å². The predicted molar refractivity (Wildman–Crippen MR) is 63.8 cm³/mol. The van der Waals surface area contributed by atoms with Crippen LogP contribution in [0.2, 0.25) is 0 Å². The zero-order chi connectivity index (χ0) is 11.5. The van der Waals surface area contributed by atoms with Crippen LogP contribution in [-0.4, -0.2) is 15.0 Å². The third-order valence-electron chi connectivity index (χ3n) is 2.45. The van der Waals surface area contributed by atoms with Crippen molar-refractivity contribution in [1.82, 2.24) is 15.0 Å². The Balaban J connectivity index is 2.60. The lowest BCUT2D eigenvalue weighted by atomic mass is 10.1. The van der Waals surface area contributed by atoms with Crippen LogP contribution >= 0.6 is 0 Å². The lowest BCUT2D eigenvalue weighted by molar-refractivity contribution is 0.937. The van der Waals surface area contributed by atoms with Gasteiger partial charge in [0.2, 0.25) is 0 Å². The first-order chi connectivity index (χ1) is 7.72. The Bertz CT molecular complexity index is 494. The molecular formula is C12H14N4. The first-order valence-electron chi connectivity index (χ1n) is 5.26. The number of hydrogen-bond donors (Lipinski definition) is 1. The molecule has 0 spiro atoms. The van der Waals surface area contributed by atoms with Gasteiger partial charge in [-0.15, -0.1) is 0 Å². The minimum atomic E-state index is 0.535. The summed E-state index contributed by atoms with van der Waals surface area (Å²) < 4.78 is 0. The van der Waals surface area contributed by atoms with Gasteiger partial charge in [-0.25, -0.2) is 9.97 Å². The molecule has 4 heteroatoms. The van der Waals surface area contributed by atoms with Gasteiger partial charge in [0.1, 0.15) is 11.6 Å². The summed E-state index contributed by atoms with van der Waals surface area (Å²) in [6.07, 6.45) is 2.52. The molecule has 0 saturated heterocycles. The highest BCUT2D eigenvalue weighted by Gasteiger charge is 2.10. The van der Waals surface area contributed by atoms with Gasteiger partial charge in [-0.05, 0) is 19.1 Å². The quantitative estimate of drug-likeness (QED) is 0.830. The maximum absolute atomic E-state index is 5.86. The summed E-state index contributed by atoms with van der Waals surface area (Å²) in [5.74, 6) is 1.29. The fourth-order valence-electron chi connectivity index (χ4n) is 1.49. The molecule has 0 aromatic carbocycles. The van der Waals surface area contributed by atoms with Gasteiger partial charge in [0.05, 0.1) is 11.4 Å². The molecular weight excluding hydrogens is 200 g/mol. The van der Waals surface area contributed by atoms with Gasteiger partial charge in [0.25, 0.3) is 0 Å². The highest BCUT2D eigenvalue weighted by molar-refractivity contribution is 5.63. The molecule has 0 fully saturated rings. The van der Waals surface area contributed by atoms with Crippen molar-refractivity contribution in [3.63, 3.8) is 0 Å². The summed E-state index contributed by atoms with van der Waals surface area (Å²) >= 11 is 0. The van der Waals surface area contributed by atoms with E-state index in [-0.39, 0.29) is 0 Å². The van der Waals surface area contributed by atoms with E-state index < -0.39 is 0 Å². The van der Waals surface area contributed by atoms with Crippen LogP contribution in [0.4, 0.5) is 5.82 Å². The summed E-state index contributed by atoms with van der Waals surface area (Å²) in [5.41, 5.74) is 8.40. The monoisotopic (exact) mass is 214 g/mol. The number of aromatic nitrogens is 3. The van der Waals surface area contributed by atoms with Gasteiger partial charge in [-0.1, -0.05) is 13.0 Å². The number of hydrogen-bond acceptors (Lipinski definition) is 4. The largest absolute Gasteiger partial charge is 0.383 e. The summed E-state index contributed by atoms with van der Waals surface area (Å²) in [7, 11) is 0. The van der Waals surface area contributed by atoms with E-state index in [1.807, 2.05) is 32.0 Å². The van der Waals surface area contributed by atoms with Crippen LogP contribution in [0, 0.1) is 6.92 Å². The minimum Gasteiger partial charge on any atom is -0.383 e. The second kappa shape index (κ2) is 4.26. The lowest BCUT2D eigenvalue weighted by Crippen LogP contribution is -2.04. The van der Waals surface area contributed by atoms with Gasteiger partial charge in [-0.2, -0.15) is 0 Å². The summed E-state index contributed by atoms with van der Waals surface area (Å²) in [4.78, 5) is 13.0. The van der Waals surface area contributed by atoms with Crippen molar-refractivity contribution in [1.29, 1.82) is 0 Å². The lowest BCUT2D eigenvalue weighted by Gasteiger charge is -2.08. The molecule has 2 aromatic heterocycles. The number of nitrogens with zero attached hydrogens (tertiary/aromatic N) is 3. The van der Waals surface area contributed by atoms with E-state index in [9.17, 15) is 0 Å². The maximum Gasteiger partial charge on any atom is 0.131 e. The SMILES string of the molecule is CCc1nc(N)c(C)c(-c2ccccn2)n1. The highest BCUT2D eigenvalue weighted by Crippen LogP contribution is 2.22. The molecule has 2 heterocycles. The molecule has 0 saturated carbocycles. The number of nitrogens with two attached hydrogens (primary N) is 1. The van der Waals surface area contributed by atoms with Crippen LogP contribution < -0.4 is 5.73 Å². The summed E-state index contributed by atoms with van der Waals surface area (Å²) in [5, 5.41) is 0. The number of rotatable bonds is 2. The molecule has 0 aliphatic heterocycles. The molecule has 0 radical (unpaired) electrons. The van der Waals surface area contributed by atoms with E-state index in [1.165, 1.54) is 0 Å². The van der Waals surface area contributed by atoms with Gasteiger partial charge in [-0.3, -0.25) is 4.98 Å². The Morgan fingerprint density at radius 3 is 2.69 bits per heavy atom. The second-order valence-electron chi connectivity index (χ2n) is 3.57.